The molecular formula is C15H18ClFO. The van der Waals surface area contributed by atoms with Crippen molar-refractivity contribution in [1.29, 1.82) is 0 Å². The number of hydrogen-bond acceptors (Lipinski definition) is 1. The van der Waals surface area contributed by atoms with E-state index in [4.69, 9.17) is 11.6 Å². The Balaban J connectivity index is 1.80. The first-order valence-electron chi connectivity index (χ1n) is 6.61. The Morgan fingerprint density at radius 1 is 1.33 bits per heavy atom. The lowest BCUT2D eigenvalue weighted by atomic mass is 9.97. The van der Waals surface area contributed by atoms with Gasteiger partial charge in [-0.25, -0.2) is 4.39 Å². The predicted molar refractivity (Wildman–Crippen MR) is 71.3 cm³/mol. The average Bonchev–Trinajstić information content (AvgIpc) is 2.84. The first-order chi connectivity index (χ1) is 8.65. The minimum Gasteiger partial charge on any atom is -0.299 e. The molecule has 0 bridgehead atoms. The van der Waals surface area contributed by atoms with E-state index in [9.17, 15) is 9.18 Å². The monoisotopic (exact) mass is 268 g/mol. The third-order valence-corrected chi connectivity index (χ3v) is 4.00. The van der Waals surface area contributed by atoms with Crippen LogP contribution in [0, 0.1) is 11.7 Å². The molecule has 0 aliphatic heterocycles. The van der Waals surface area contributed by atoms with Gasteiger partial charge in [0.2, 0.25) is 0 Å². The normalized spacial score (nSPS) is 16.1. The number of benzene rings is 1. The predicted octanol–water partition coefficient (Wildman–Crippen LogP) is 4.56. The minimum atomic E-state index is -0.447. The molecule has 0 heterocycles. The maximum atomic E-state index is 13.2. The summed E-state index contributed by atoms with van der Waals surface area (Å²) in [7, 11) is 0. The molecule has 0 radical (unpaired) electrons. The summed E-state index contributed by atoms with van der Waals surface area (Å²) in [5.74, 6) is 0.484. The molecule has 1 aliphatic rings. The van der Waals surface area contributed by atoms with Gasteiger partial charge in [0.15, 0.2) is 0 Å². The third kappa shape index (κ3) is 3.81. The van der Waals surface area contributed by atoms with E-state index in [0.29, 0.717) is 18.4 Å². The molecular weight excluding hydrogens is 251 g/mol. The van der Waals surface area contributed by atoms with E-state index < -0.39 is 5.82 Å². The summed E-state index contributed by atoms with van der Waals surface area (Å²) in [5.41, 5.74) is 0.716. The molecule has 0 spiro atoms. The van der Waals surface area contributed by atoms with Gasteiger partial charge >= 0.3 is 0 Å². The standard InChI is InChI=1S/C15H18ClFO/c16-14-8-6-12(10-15(14)17)9-13(18)7-5-11-3-1-2-4-11/h6,8,10-11H,1-5,7,9H2. The molecule has 0 atom stereocenters. The van der Waals surface area contributed by atoms with Crippen LogP contribution in [0.2, 0.25) is 5.02 Å². The number of rotatable bonds is 5. The maximum absolute atomic E-state index is 13.2. The fourth-order valence-electron chi connectivity index (χ4n) is 2.63. The summed E-state index contributed by atoms with van der Waals surface area (Å²) in [6.45, 7) is 0. The summed E-state index contributed by atoms with van der Waals surface area (Å²) in [6, 6.07) is 4.59. The topological polar surface area (TPSA) is 17.1 Å². The van der Waals surface area contributed by atoms with Gasteiger partial charge in [-0.3, -0.25) is 4.79 Å². The van der Waals surface area contributed by atoms with Crippen molar-refractivity contribution in [3.8, 4) is 0 Å². The fraction of sp³-hybridized carbons (Fsp3) is 0.533. The molecule has 0 N–H and O–H groups in total. The van der Waals surface area contributed by atoms with Gasteiger partial charge in [-0.15, -0.1) is 0 Å². The molecule has 0 unspecified atom stereocenters. The van der Waals surface area contributed by atoms with E-state index in [0.717, 1.165) is 12.3 Å². The van der Waals surface area contributed by atoms with E-state index >= 15 is 0 Å². The SMILES string of the molecule is O=C(CCC1CCCC1)Cc1ccc(Cl)c(F)c1. The number of carbonyl (C=O) groups excluding carboxylic acids is 1. The van der Waals surface area contributed by atoms with Crippen LogP contribution in [0.4, 0.5) is 4.39 Å². The van der Waals surface area contributed by atoms with Gasteiger partial charge in [0.25, 0.3) is 0 Å². The molecule has 0 aromatic heterocycles. The number of ketones is 1. The molecule has 98 valence electrons. The van der Waals surface area contributed by atoms with E-state index in [1.165, 1.54) is 37.8 Å². The van der Waals surface area contributed by atoms with E-state index in [1.54, 1.807) is 6.07 Å². The Hall–Kier alpha value is -0.890. The zero-order chi connectivity index (χ0) is 13.0. The van der Waals surface area contributed by atoms with Crippen molar-refractivity contribution in [3.05, 3.63) is 34.6 Å². The van der Waals surface area contributed by atoms with Gasteiger partial charge in [-0.05, 0) is 30.0 Å². The highest BCUT2D eigenvalue weighted by molar-refractivity contribution is 6.30. The molecule has 0 saturated heterocycles. The minimum absolute atomic E-state index is 0.108. The molecule has 0 amide bonds. The van der Waals surface area contributed by atoms with Crippen molar-refractivity contribution in [2.75, 3.05) is 0 Å². The van der Waals surface area contributed by atoms with Gasteiger partial charge in [0, 0.05) is 12.8 Å². The van der Waals surface area contributed by atoms with Crippen molar-refractivity contribution in [2.45, 2.75) is 44.9 Å². The van der Waals surface area contributed by atoms with Crippen molar-refractivity contribution >= 4 is 17.4 Å². The summed E-state index contributed by atoms with van der Waals surface area (Å²) in [4.78, 5) is 11.8. The van der Waals surface area contributed by atoms with Gasteiger partial charge < -0.3 is 0 Å². The average molecular weight is 269 g/mol. The van der Waals surface area contributed by atoms with Gasteiger partial charge in [0.05, 0.1) is 5.02 Å². The Bertz CT molecular complexity index is 425. The molecule has 2 rings (SSSR count). The molecule has 1 fully saturated rings. The summed E-state index contributed by atoms with van der Waals surface area (Å²) in [5, 5.41) is 0.108. The largest absolute Gasteiger partial charge is 0.299 e. The first kappa shape index (κ1) is 13.5. The highest BCUT2D eigenvalue weighted by atomic mass is 35.5. The zero-order valence-corrected chi connectivity index (χ0v) is 11.2. The first-order valence-corrected chi connectivity index (χ1v) is 6.98. The number of carbonyl (C=O) groups is 1. The van der Waals surface area contributed by atoms with Crippen LogP contribution in [0.5, 0.6) is 0 Å². The van der Waals surface area contributed by atoms with Gasteiger partial charge in [0.1, 0.15) is 11.6 Å². The molecule has 1 aliphatic carbocycles. The van der Waals surface area contributed by atoms with E-state index in [1.807, 2.05) is 0 Å². The smallest absolute Gasteiger partial charge is 0.142 e. The lowest BCUT2D eigenvalue weighted by Crippen LogP contribution is -2.05. The van der Waals surface area contributed by atoms with Crippen LogP contribution in [0.1, 0.15) is 44.1 Å². The molecule has 1 nitrogen and oxygen atoms in total. The molecule has 3 heteroatoms. The Labute approximate surface area is 112 Å². The van der Waals surface area contributed by atoms with Crippen molar-refractivity contribution in [3.63, 3.8) is 0 Å². The van der Waals surface area contributed by atoms with Crippen LogP contribution in [-0.2, 0) is 11.2 Å². The molecule has 1 aromatic carbocycles. The highest BCUT2D eigenvalue weighted by Crippen LogP contribution is 2.28. The molecule has 1 aromatic rings. The van der Waals surface area contributed by atoms with Crippen molar-refractivity contribution in [2.24, 2.45) is 5.92 Å². The van der Waals surface area contributed by atoms with Crippen molar-refractivity contribution < 1.29 is 9.18 Å². The lowest BCUT2D eigenvalue weighted by Gasteiger charge is -2.07. The molecule has 1 saturated carbocycles. The van der Waals surface area contributed by atoms with Crippen LogP contribution in [0.25, 0.3) is 0 Å². The molecule has 18 heavy (non-hydrogen) atoms. The van der Waals surface area contributed by atoms with E-state index in [2.05, 4.69) is 0 Å². The number of hydrogen-bond donors (Lipinski definition) is 0. The Kier molecular flexibility index (Phi) is 4.76. The van der Waals surface area contributed by atoms with Crippen LogP contribution in [-0.4, -0.2) is 5.78 Å². The quantitative estimate of drug-likeness (QED) is 0.765. The zero-order valence-electron chi connectivity index (χ0n) is 10.4. The van der Waals surface area contributed by atoms with Gasteiger partial charge in [-0.2, -0.15) is 0 Å². The maximum Gasteiger partial charge on any atom is 0.142 e. The van der Waals surface area contributed by atoms with E-state index in [-0.39, 0.29) is 10.8 Å². The third-order valence-electron chi connectivity index (χ3n) is 3.69. The van der Waals surface area contributed by atoms with Crippen LogP contribution in [0.15, 0.2) is 18.2 Å². The second-order valence-corrected chi connectivity index (χ2v) is 5.56. The summed E-state index contributed by atoms with van der Waals surface area (Å²) < 4.78 is 13.2. The van der Waals surface area contributed by atoms with Crippen molar-refractivity contribution in [1.82, 2.24) is 0 Å². The summed E-state index contributed by atoms with van der Waals surface area (Å²) >= 11 is 5.60. The second kappa shape index (κ2) is 6.33. The van der Waals surface area contributed by atoms with Crippen LogP contribution in [0.3, 0.4) is 0 Å². The highest BCUT2D eigenvalue weighted by Gasteiger charge is 2.16. The van der Waals surface area contributed by atoms with Crippen LogP contribution < -0.4 is 0 Å². The number of Topliss-reactive ketones (excluding diaryl/α,β-unsaturated/α-hetero) is 1. The fourth-order valence-corrected chi connectivity index (χ4v) is 2.75. The summed E-state index contributed by atoms with van der Waals surface area (Å²) in [6.07, 6.45) is 7.08. The number of halogens is 2. The Morgan fingerprint density at radius 2 is 2.06 bits per heavy atom. The van der Waals surface area contributed by atoms with Crippen LogP contribution >= 0.6 is 11.6 Å². The second-order valence-electron chi connectivity index (χ2n) is 5.15. The Morgan fingerprint density at radius 3 is 2.72 bits per heavy atom. The van der Waals surface area contributed by atoms with Gasteiger partial charge in [-0.1, -0.05) is 43.4 Å². The lowest BCUT2D eigenvalue weighted by molar-refractivity contribution is -0.118.